The summed E-state index contributed by atoms with van der Waals surface area (Å²) in [7, 11) is 2.88. The second kappa shape index (κ2) is 10.5. The fraction of sp³-hybridized carbons (Fsp3) is 0.148. The number of carboxylic acids is 1. The molecule has 0 aliphatic carbocycles. The van der Waals surface area contributed by atoms with E-state index in [0.717, 1.165) is 0 Å². The van der Waals surface area contributed by atoms with Gasteiger partial charge in [-0.05, 0) is 47.5 Å². The summed E-state index contributed by atoms with van der Waals surface area (Å²) in [4.78, 5) is 39.0. The first-order valence-electron chi connectivity index (χ1n) is 10.9. The van der Waals surface area contributed by atoms with Gasteiger partial charge in [-0.3, -0.25) is 9.59 Å². The van der Waals surface area contributed by atoms with Crippen molar-refractivity contribution in [2.45, 2.75) is 12.6 Å². The number of hydrogen-bond donors (Lipinski definition) is 2. The van der Waals surface area contributed by atoms with Gasteiger partial charge in [-0.15, -0.1) is 0 Å². The number of ether oxygens (including phenoxy) is 2. The lowest BCUT2D eigenvalue weighted by atomic mass is 9.95. The molecule has 190 valence electrons. The lowest BCUT2D eigenvalue weighted by molar-refractivity contribution is -0.140. The first-order valence-corrected chi connectivity index (χ1v) is 11.7. The summed E-state index contributed by atoms with van der Waals surface area (Å²) in [5.41, 5.74) is 1.18. The number of likely N-dealkylation sites (tertiary alicyclic amines) is 1. The predicted molar refractivity (Wildman–Crippen MR) is 137 cm³/mol. The highest BCUT2D eigenvalue weighted by molar-refractivity contribution is 6.46. The van der Waals surface area contributed by atoms with Crippen molar-refractivity contribution in [3.05, 3.63) is 98.5 Å². The molecule has 8 nitrogen and oxygen atoms in total. The van der Waals surface area contributed by atoms with E-state index in [0.29, 0.717) is 16.9 Å². The maximum atomic E-state index is 13.3. The van der Waals surface area contributed by atoms with Crippen molar-refractivity contribution in [3.8, 4) is 11.5 Å². The van der Waals surface area contributed by atoms with Gasteiger partial charge in [-0.25, -0.2) is 4.79 Å². The molecule has 3 aromatic carbocycles. The first kappa shape index (κ1) is 26.1. The molecule has 1 aliphatic heterocycles. The van der Waals surface area contributed by atoms with Gasteiger partial charge in [0, 0.05) is 12.1 Å². The molecular formula is C27H21Cl2NO7. The Morgan fingerprint density at radius 3 is 2.14 bits per heavy atom. The van der Waals surface area contributed by atoms with Crippen LogP contribution in [0.5, 0.6) is 11.5 Å². The van der Waals surface area contributed by atoms with Gasteiger partial charge in [0.25, 0.3) is 11.7 Å². The lowest BCUT2D eigenvalue weighted by Gasteiger charge is -2.26. The molecule has 1 aliphatic rings. The molecule has 37 heavy (non-hydrogen) atoms. The molecule has 2 N–H and O–H groups in total. The van der Waals surface area contributed by atoms with Crippen LogP contribution in [0.4, 0.5) is 0 Å². The Hall–Kier alpha value is -4.01. The molecule has 0 spiro atoms. The molecule has 0 saturated carbocycles. The number of amides is 1. The van der Waals surface area contributed by atoms with Crippen molar-refractivity contribution < 1.29 is 34.1 Å². The molecule has 1 amide bonds. The van der Waals surface area contributed by atoms with Crippen molar-refractivity contribution in [2.75, 3.05) is 14.2 Å². The van der Waals surface area contributed by atoms with Crippen molar-refractivity contribution in [1.29, 1.82) is 0 Å². The van der Waals surface area contributed by atoms with Crippen LogP contribution in [0, 0.1) is 0 Å². The summed E-state index contributed by atoms with van der Waals surface area (Å²) < 4.78 is 10.5. The zero-order valence-corrected chi connectivity index (χ0v) is 21.2. The van der Waals surface area contributed by atoms with Gasteiger partial charge in [-0.1, -0.05) is 47.5 Å². The predicted octanol–water partition coefficient (Wildman–Crippen LogP) is 5.33. The van der Waals surface area contributed by atoms with E-state index in [-0.39, 0.29) is 39.0 Å². The van der Waals surface area contributed by atoms with E-state index in [1.807, 2.05) is 0 Å². The van der Waals surface area contributed by atoms with Crippen LogP contribution >= 0.6 is 23.2 Å². The highest BCUT2D eigenvalue weighted by atomic mass is 35.5. The third-order valence-electron chi connectivity index (χ3n) is 5.98. The molecular weight excluding hydrogens is 521 g/mol. The fourth-order valence-electron chi connectivity index (χ4n) is 4.20. The van der Waals surface area contributed by atoms with Gasteiger partial charge in [0.15, 0.2) is 5.75 Å². The topological polar surface area (TPSA) is 113 Å². The van der Waals surface area contributed by atoms with Crippen LogP contribution < -0.4 is 9.47 Å². The maximum Gasteiger partial charge on any atom is 0.335 e. The van der Waals surface area contributed by atoms with Gasteiger partial charge in [0.1, 0.15) is 11.5 Å². The highest BCUT2D eigenvalue weighted by Crippen LogP contribution is 2.43. The molecule has 3 aromatic rings. The number of carbonyl (C=O) groups is 3. The van der Waals surface area contributed by atoms with Crippen molar-refractivity contribution in [3.63, 3.8) is 0 Å². The van der Waals surface area contributed by atoms with E-state index in [9.17, 15) is 24.6 Å². The number of aliphatic hydroxyl groups is 1. The summed E-state index contributed by atoms with van der Waals surface area (Å²) in [6, 6.07) is 14.5. The number of aliphatic hydroxyl groups excluding tert-OH is 1. The molecule has 0 radical (unpaired) electrons. The van der Waals surface area contributed by atoms with Crippen LogP contribution in [0.25, 0.3) is 5.76 Å². The third-order valence-corrected chi connectivity index (χ3v) is 6.54. The average Bonchev–Trinajstić information content (AvgIpc) is 3.13. The number of Topliss-reactive ketones (excluding diaryl/α,β-unsaturated/α-hetero) is 1. The lowest BCUT2D eigenvalue weighted by Crippen LogP contribution is -2.29. The number of carboxylic acid groups (broad SMARTS) is 1. The summed E-state index contributed by atoms with van der Waals surface area (Å²) >= 11 is 12.5. The van der Waals surface area contributed by atoms with Crippen LogP contribution in [-0.4, -0.2) is 47.0 Å². The summed E-state index contributed by atoms with van der Waals surface area (Å²) in [5, 5.41) is 20.7. The molecule has 1 heterocycles. The zero-order chi connectivity index (χ0) is 26.9. The number of nitrogens with zero attached hydrogens (tertiary/aromatic N) is 1. The smallest absolute Gasteiger partial charge is 0.335 e. The Morgan fingerprint density at radius 1 is 0.919 bits per heavy atom. The Bertz CT molecular complexity index is 1410. The molecule has 1 atom stereocenters. The Kier molecular flexibility index (Phi) is 7.42. The second-order valence-corrected chi connectivity index (χ2v) is 8.99. The molecule has 0 bridgehead atoms. The Balaban J connectivity index is 1.87. The molecule has 0 aromatic heterocycles. The number of halogens is 2. The highest BCUT2D eigenvalue weighted by Gasteiger charge is 2.46. The van der Waals surface area contributed by atoms with Gasteiger partial charge < -0.3 is 24.6 Å². The molecule has 1 unspecified atom stereocenters. The third kappa shape index (κ3) is 4.98. The van der Waals surface area contributed by atoms with Gasteiger partial charge >= 0.3 is 5.97 Å². The summed E-state index contributed by atoms with van der Waals surface area (Å²) in [6.45, 7) is -0.0206. The fourth-order valence-corrected chi connectivity index (χ4v) is 4.84. The monoisotopic (exact) mass is 541 g/mol. The zero-order valence-electron chi connectivity index (χ0n) is 19.7. The van der Waals surface area contributed by atoms with Crippen LogP contribution in [-0.2, 0) is 16.1 Å². The molecule has 1 fully saturated rings. The number of ketones is 1. The number of aromatic carboxylic acids is 1. The van der Waals surface area contributed by atoms with Crippen molar-refractivity contribution >= 4 is 46.6 Å². The van der Waals surface area contributed by atoms with E-state index in [1.165, 1.54) is 43.4 Å². The van der Waals surface area contributed by atoms with Crippen LogP contribution in [0.2, 0.25) is 10.0 Å². The first-order chi connectivity index (χ1) is 17.7. The van der Waals surface area contributed by atoms with Gasteiger partial charge in [-0.2, -0.15) is 0 Å². The van der Waals surface area contributed by atoms with E-state index < -0.39 is 29.5 Å². The second-order valence-electron chi connectivity index (χ2n) is 8.18. The van der Waals surface area contributed by atoms with Crippen LogP contribution in [0.15, 0.2) is 66.2 Å². The minimum Gasteiger partial charge on any atom is -0.507 e. The molecule has 4 rings (SSSR count). The number of hydrogen-bond acceptors (Lipinski definition) is 6. The van der Waals surface area contributed by atoms with E-state index in [2.05, 4.69) is 0 Å². The van der Waals surface area contributed by atoms with Crippen LogP contribution in [0.1, 0.15) is 33.1 Å². The van der Waals surface area contributed by atoms with Crippen molar-refractivity contribution in [2.24, 2.45) is 0 Å². The number of rotatable bonds is 7. The van der Waals surface area contributed by atoms with Gasteiger partial charge in [0.05, 0.1) is 41.4 Å². The number of methoxy groups -OCH3 is 2. The number of benzene rings is 3. The average molecular weight is 542 g/mol. The minimum absolute atomic E-state index is 0.0206. The summed E-state index contributed by atoms with van der Waals surface area (Å²) in [6.07, 6.45) is 0. The minimum atomic E-state index is -1.08. The van der Waals surface area contributed by atoms with E-state index in [4.69, 9.17) is 32.7 Å². The molecule has 1 saturated heterocycles. The Morgan fingerprint density at radius 2 is 1.57 bits per heavy atom. The van der Waals surface area contributed by atoms with E-state index in [1.54, 1.807) is 36.4 Å². The number of carbonyl (C=O) groups excluding carboxylic acids is 2. The van der Waals surface area contributed by atoms with Crippen molar-refractivity contribution in [1.82, 2.24) is 4.90 Å². The summed E-state index contributed by atoms with van der Waals surface area (Å²) in [5.74, 6) is -2.57. The van der Waals surface area contributed by atoms with Crippen LogP contribution in [0.3, 0.4) is 0 Å². The normalized spacial score (nSPS) is 16.6. The Labute approximate surface area is 222 Å². The quantitative estimate of drug-likeness (QED) is 0.236. The largest absolute Gasteiger partial charge is 0.507 e. The maximum absolute atomic E-state index is 13.3. The van der Waals surface area contributed by atoms with E-state index >= 15 is 0 Å². The SMILES string of the molecule is COc1cccc(C2/C(=C(\O)c3cc(Cl)c(OC)c(Cl)c3)C(=O)C(=O)N2Cc2ccc(C(=O)O)cc2)c1. The molecule has 10 heteroatoms. The standard InChI is InChI=1S/C27H21Cl2NO7/c1-36-18-5-3-4-16(10-18)22-21(23(31)17-11-19(28)25(37-2)20(29)12-17)24(32)26(33)30(22)13-14-6-8-15(9-7-14)27(34)35/h3-12,22,31H,13H2,1-2H3,(H,34,35)/b23-21+. The van der Waals surface area contributed by atoms with Gasteiger partial charge in [0.2, 0.25) is 0 Å².